The lowest BCUT2D eigenvalue weighted by Gasteiger charge is -2.34. The highest BCUT2D eigenvalue weighted by Gasteiger charge is 2.29. The summed E-state index contributed by atoms with van der Waals surface area (Å²) in [4.78, 5) is 0. The van der Waals surface area contributed by atoms with E-state index in [4.69, 9.17) is 19.3 Å². The molecule has 0 bridgehead atoms. The fraction of sp³-hybridized carbons (Fsp3) is 0.571. The molecule has 1 aliphatic rings. The number of aliphatic hydroxyl groups excluding tert-OH is 1. The van der Waals surface area contributed by atoms with Crippen LogP contribution in [-0.4, -0.2) is 31.5 Å². The molecule has 0 atom stereocenters. The van der Waals surface area contributed by atoms with Crippen LogP contribution in [0.1, 0.15) is 25.7 Å². The number of hydrogen-bond donors (Lipinski definition) is 1. The van der Waals surface area contributed by atoms with Crippen molar-refractivity contribution < 1.29 is 19.3 Å². The molecule has 18 heavy (non-hydrogen) atoms. The monoisotopic (exact) mass is 252 g/mol. The number of hydrogen-bond acceptors (Lipinski definition) is 4. The van der Waals surface area contributed by atoms with Gasteiger partial charge < -0.3 is 19.3 Å². The first kappa shape index (κ1) is 13.3. The Morgan fingerprint density at radius 2 is 1.83 bits per heavy atom. The molecule has 0 spiro atoms. The Morgan fingerprint density at radius 3 is 2.39 bits per heavy atom. The molecule has 1 N–H and O–H groups in total. The zero-order valence-electron chi connectivity index (χ0n) is 10.9. The molecule has 4 heteroatoms. The molecule has 0 aliphatic carbocycles. The normalized spacial score (nSPS) is 19.7. The Bertz CT molecular complexity index is 362. The molecule has 0 radical (unpaired) electrons. The Balaban J connectivity index is 1.94. The van der Waals surface area contributed by atoms with Crippen molar-refractivity contribution in [2.75, 3.05) is 26.4 Å². The van der Waals surface area contributed by atoms with Crippen LogP contribution in [0.2, 0.25) is 0 Å². The van der Waals surface area contributed by atoms with Crippen molar-refractivity contribution in [3.63, 3.8) is 0 Å². The molecule has 0 amide bonds. The fourth-order valence-electron chi connectivity index (χ4n) is 1.77. The summed E-state index contributed by atoms with van der Waals surface area (Å²) in [5.74, 6) is 0.740. The summed E-state index contributed by atoms with van der Waals surface area (Å²) >= 11 is 0. The van der Waals surface area contributed by atoms with Crippen molar-refractivity contribution in [1.82, 2.24) is 0 Å². The summed E-state index contributed by atoms with van der Waals surface area (Å²) in [6, 6.07) is 7.57. The van der Waals surface area contributed by atoms with Gasteiger partial charge in [0.15, 0.2) is 6.29 Å². The second kappa shape index (κ2) is 5.69. The van der Waals surface area contributed by atoms with E-state index in [0.29, 0.717) is 19.8 Å². The Labute approximate surface area is 107 Å². The molecule has 1 heterocycles. The molecule has 1 fully saturated rings. The summed E-state index contributed by atoms with van der Waals surface area (Å²) in [6.45, 7) is 5.96. The van der Waals surface area contributed by atoms with Crippen LogP contribution in [0.4, 0.5) is 0 Å². The molecule has 100 valence electrons. The molecule has 4 nitrogen and oxygen atoms in total. The van der Waals surface area contributed by atoms with E-state index in [1.807, 2.05) is 24.3 Å². The summed E-state index contributed by atoms with van der Waals surface area (Å²) in [6.07, 6.45) is -0.287. The first-order valence-electron chi connectivity index (χ1n) is 6.17. The van der Waals surface area contributed by atoms with E-state index >= 15 is 0 Å². The lowest BCUT2D eigenvalue weighted by Crippen LogP contribution is -2.33. The van der Waals surface area contributed by atoms with Crippen LogP contribution in [0.25, 0.3) is 0 Å². The molecule has 1 aromatic carbocycles. The molecular weight excluding hydrogens is 232 g/mol. The zero-order chi connectivity index (χ0) is 13.0. The summed E-state index contributed by atoms with van der Waals surface area (Å²) in [7, 11) is 0. The predicted molar refractivity (Wildman–Crippen MR) is 67.4 cm³/mol. The molecule has 0 saturated carbocycles. The summed E-state index contributed by atoms with van der Waals surface area (Å²) in [5, 5.41) is 8.67. The fourth-order valence-corrected chi connectivity index (χ4v) is 1.77. The Morgan fingerprint density at radius 1 is 1.22 bits per heavy atom. The third-order valence-electron chi connectivity index (χ3n) is 2.76. The second-order valence-electron chi connectivity index (χ2n) is 5.26. The van der Waals surface area contributed by atoms with Crippen LogP contribution in [0.5, 0.6) is 5.75 Å². The third kappa shape index (κ3) is 3.45. The van der Waals surface area contributed by atoms with Crippen LogP contribution in [0, 0.1) is 5.41 Å². The summed E-state index contributed by atoms with van der Waals surface area (Å²) in [5.41, 5.74) is 1.07. The van der Waals surface area contributed by atoms with Gasteiger partial charge in [-0.1, -0.05) is 26.0 Å². The van der Waals surface area contributed by atoms with Gasteiger partial charge in [-0.2, -0.15) is 0 Å². The van der Waals surface area contributed by atoms with E-state index in [0.717, 1.165) is 11.3 Å². The largest absolute Gasteiger partial charge is 0.491 e. The van der Waals surface area contributed by atoms with Crippen molar-refractivity contribution in [2.45, 2.75) is 20.1 Å². The van der Waals surface area contributed by atoms with E-state index < -0.39 is 0 Å². The Kier molecular flexibility index (Phi) is 4.22. The minimum atomic E-state index is -0.287. The van der Waals surface area contributed by atoms with Gasteiger partial charge in [0.2, 0.25) is 0 Å². The molecule has 0 aromatic heterocycles. The van der Waals surface area contributed by atoms with E-state index in [1.54, 1.807) is 0 Å². The van der Waals surface area contributed by atoms with Crippen molar-refractivity contribution >= 4 is 0 Å². The van der Waals surface area contributed by atoms with Gasteiger partial charge in [0.05, 0.1) is 19.8 Å². The summed E-state index contributed by atoms with van der Waals surface area (Å²) < 4.78 is 16.7. The van der Waals surface area contributed by atoms with Gasteiger partial charge in [0.1, 0.15) is 12.4 Å². The van der Waals surface area contributed by atoms with Crippen molar-refractivity contribution in [3.05, 3.63) is 29.8 Å². The van der Waals surface area contributed by atoms with Crippen LogP contribution in [-0.2, 0) is 9.47 Å². The highest BCUT2D eigenvalue weighted by molar-refractivity contribution is 5.28. The highest BCUT2D eigenvalue weighted by atomic mass is 16.7. The van der Waals surface area contributed by atoms with Gasteiger partial charge in [0.25, 0.3) is 0 Å². The van der Waals surface area contributed by atoms with E-state index in [1.165, 1.54) is 0 Å². The van der Waals surface area contributed by atoms with Crippen LogP contribution < -0.4 is 4.74 Å². The maximum absolute atomic E-state index is 8.67. The number of aliphatic hydroxyl groups is 1. The quantitative estimate of drug-likeness (QED) is 0.891. The first-order chi connectivity index (χ1) is 8.61. The molecule has 2 rings (SSSR count). The average Bonchev–Trinajstić information content (AvgIpc) is 2.37. The van der Waals surface area contributed by atoms with E-state index in [2.05, 4.69) is 13.8 Å². The standard InChI is InChI=1S/C14H20O4/c1-14(2)9-17-13(18-10-14)11-3-5-12(6-4-11)16-8-7-15/h3-6,13,15H,7-10H2,1-2H3. The van der Waals surface area contributed by atoms with Gasteiger partial charge in [-0.05, 0) is 12.1 Å². The molecule has 1 aromatic rings. The number of ether oxygens (including phenoxy) is 3. The number of benzene rings is 1. The first-order valence-corrected chi connectivity index (χ1v) is 6.17. The second-order valence-corrected chi connectivity index (χ2v) is 5.26. The van der Waals surface area contributed by atoms with E-state index in [9.17, 15) is 0 Å². The molecule has 1 saturated heterocycles. The predicted octanol–water partition coefficient (Wildman–Crippen LogP) is 2.13. The maximum Gasteiger partial charge on any atom is 0.183 e. The minimum Gasteiger partial charge on any atom is -0.491 e. The smallest absolute Gasteiger partial charge is 0.183 e. The van der Waals surface area contributed by atoms with Gasteiger partial charge in [-0.15, -0.1) is 0 Å². The average molecular weight is 252 g/mol. The number of rotatable bonds is 4. The van der Waals surface area contributed by atoms with Gasteiger partial charge in [-0.25, -0.2) is 0 Å². The van der Waals surface area contributed by atoms with E-state index in [-0.39, 0.29) is 18.3 Å². The SMILES string of the molecule is CC1(C)COC(c2ccc(OCCO)cc2)OC1. The lowest BCUT2D eigenvalue weighted by molar-refractivity contribution is -0.226. The lowest BCUT2D eigenvalue weighted by atomic mass is 9.95. The zero-order valence-corrected chi connectivity index (χ0v) is 10.9. The molecule has 0 unspecified atom stereocenters. The molecule has 1 aliphatic heterocycles. The topological polar surface area (TPSA) is 47.9 Å². The van der Waals surface area contributed by atoms with Crippen LogP contribution >= 0.6 is 0 Å². The van der Waals surface area contributed by atoms with Gasteiger partial charge >= 0.3 is 0 Å². The molecular formula is C14H20O4. The van der Waals surface area contributed by atoms with Gasteiger partial charge in [0, 0.05) is 11.0 Å². The van der Waals surface area contributed by atoms with Gasteiger partial charge in [-0.3, -0.25) is 0 Å². The van der Waals surface area contributed by atoms with Crippen LogP contribution in [0.3, 0.4) is 0 Å². The Hall–Kier alpha value is -1.10. The maximum atomic E-state index is 8.67. The highest BCUT2D eigenvalue weighted by Crippen LogP contribution is 2.31. The van der Waals surface area contributed by atoms with Crippen LogP contribution in [0.15, 0.2) is 24.3 Å². The minimum absolute atomic E-state index is 0.0195. The third-order valence-corrected chi connectivity index (χ3v) is 2.76. The van der Waals surface area contributed by atoms with Crippen molar-refractivity contribution in [3.8, 4) is 5.75 Å². The van der Waals surface area contributed by atoms with Crippen molar-refractivity contribution in [2.24, 2.45) is 5.41 Å². The van der Waals surface area contributed by atoms with Crippen molar-refractivity contribution in [1.29, 1.82) is 0 Å².